The molecule has 5 nitrogen and oxygen atoms in total. The zero-order chi connectivity index (χ0) is 12.3. The summed E-state index contributed by atoms with van der Waals surface area (Å²) in [4.78, 5) is 19.2. The Kier molecular flexibility index (Phi) is 3.39. The molecule has 17 heavy (non-hydrogen) atoms. The number of carbonyl (C=O) groups excluding carboxylic acids is 1. The molecule has 0 saturated heterocycles. The fourth-order valence-electron chi connectivity index (χ4n) is 1.65. The summed E-state index contributed by atoms with van der Waals surface area (Å²) >= 11 is 0. The molecule has 1 amide bonds. The topological polar surface area (TPSA) is 67.0 Å². The molecule has 0 aliphatic carbocycles. The van der Waals surface area contributed by atoms with E-state index in [-0.39, 0.29) is 5.91 Å². The molecule has 0 unspecified atom stereocenters. The Morgan fingerprint density at radius 2 is 2.35 bits per heavy atom. The smallest absolute Gasteiger partial charge is 0.251 e. The van der Waals surface area contributed by atoms with E-state index in [2.05, 4.69) is 15.3 Å². The molecule has 1 aromatic heterocycles. The first kappa shape index (κ1) is 11.6. The van der Waals surface area contributed by atoms with Crippen molar-refractivity contribution in [1.29, 1.82) is 0 Å². The van der Waals surface area contributed by atoms with E-state index in [0.29, 0.717) is 18.7 Å². The van der Waals surface area contributed by atoms with E-state index in [9.17, 15) is 4.79 Å². The molecule has 0 spiro atoms. The third-order valence-corrected chi connectivity index (χ3v) is 2.45. The van der Waals surface area contributed by atoms with Gasteiger partial charge in [0.05, 0.1) is 17.6 Å². The van der Waals surface area contributed by atoms with Crippen molar-refractivity contribution in [1.82, 2.24) is 15.3 Å². The number of benzene rings is 1. The number of carbonyl (C=O) groups is 1. The van der Waals surface area contributed by atoms with Crippen LogP contribution in [0.2, 0.25) is 0 Å². The highest BCUT2D eigenvalue weighted by Gasteiger charge is 2.07. The van der Waals surface area contributed by atoms with Crippen LogP contribution in [0.3, 0.4) is 0 Å². The van der Waals surface area contributed by atoms with Crippen LogP contribution in [0.25, 0.3) is 11.0 Å². The van der Waals surface area contributed by atoms with Crippen LogP contribution in [-0.2, 0) is 4.74 Å². The normalized spacial score (nSPS) is 10.7. The molecule has 0 bridgehead atoms. The largest absolute Gasteiger partial charge is 0.383 e. The van der Waals surface area contributed by atoms with Gasteiger partial charge in [-0.2, -0.15) is 0 Å². The third kappa shape index (κ3) is 2.62. The Balaban J connectivity index is 2.15. The molecule has 0 aliphatic rings. The van der Waals surface area contributed by atoms with Crippen LogP contribution in [-0.4, -0.2) is 36.1 Å². The number of methoxy groups -OCH3 is 1. The Hall–Kier alpha value is -1.88. The predicted octanol–water partition coefficient (Wildman–Crippen LogP) is 1.25. The van der Waals surface area contributed by atoms with Crippen molar-refractivity contribution in [2.75, 3.05) is 20.3 Å². The van der Waals surface area contributed by atoms with E-state index in [1.807, 2.05) is 13.0 Å². The number of ether oxygens (including phenoxy) is 1. The predicted molar refractivity (Wildman–Crippen MR) is 65.0 cm³/mol. The number of nitrogens with zero attached hydrogens (tertiary/aromatic N) is 1. The lowest BCUT2D eigenvalue weighted by Crippen LogP contribution is -2.26. The van der Waals surface area contributed by atoms with E-state index in [1.165, 1.54) is 0 Å². The van der Waals surface area contributed by atoms with Crippen LogP contribution in [0.15, 0.2) is 18.2 Å². The lowest BCUT2D eigenvalue weighted by atomic mass is 10.2. The number of aryl methyl sites for hydroxylation is 1. The van der Waals surface area contributed by atoms with Crippen LogP contribution >= 0.6 is 0 Å². The molecule has 1 heterocycles. The van der Waals surface area contributed by atoms with Crippen molar-refractivity contribution in [3.8, 4) is 0 Å². The number of aromatic nitrogens is 2. The molecule has 2 N–H and O–H groups in total. The van der Waals surface area contributed by atoms with Crippen LogP contribution in [0.4, 0.5) is 0 Å². The molecular weight excluding hydrogens is 218 g/mol. The summed E-state index contributed by atoms with van der Waals surface area (Å²) in [6.45, 7) is 2.91. The molecule has 0 radical (unpaired) electrons. The van der Waals surface area contributed by atoms with Gasteiger partial charge >= 0.3 is 0 Å². The van der Waals surface area contributed by atoms with Gasteiger partial charge in [0, 0.05) is 19.2 Å². The van der Waals surface area contributed by atoms with Gasteiger partial charge in [-0.3, -0.25) is 4.79 Å². The quantitative estimate of drug-likeness (QED) is 0.781. The van der Waals surface area contributed by atoms with Crippen LogP contribution in [0, 0.1) is 6.92 Å². The zero-order valence-electron chi connectivity index (χ0n) is 9.91. The summed E-state index contributed by atoms with van der Waals surface area (Å²) in [6, 6.07) is 5.41. The van der Waals surface area contributed by atoms with E-state index in [1.54, 1.807) is 19.2 Å². The Morgan fingerprint density at radius 1 is 1.53 bits per heavy atom. The molecule has 90 valence electrons. The van der Waals surface area contributed by atoms with Crippen LogP contribution < -0.4 is 5.32 Å². The molecule has 0 saturated carbocycles. The molecule has 2 aromatic rings. The van der Waals surface area contributed by atoms with E-state index < -0.39 is 0 Å². The van der Waals surface area contributed by atoms with Crippen molar-refractivity contribution in [2.24, 2.45) is 0 Å². The van der Waals surface area contributed by atoms with Crippen molar-refractivity contribution >= 4 is 16.9 Å². The zero-order valence-corrected chi connectivity index (χ0v) is 9.91. The first-order valence-electron chi connectivity index (χ1n) is 5.44. The highest BCUT2D eigenvalue weighted by molar-refractivity contribution is 5.97. The summed E-state index contributed by atoms with van der Waals surface area (Å²) in [5.41, 5.74) is 2.37. The first-order chi connectivity index (χ1) is 8.20. The molecule has 0 fully saturated rings. The Labute approximate surface area is 99.2 Å². The van der Waals surface area contributed by atoms with Crippen molar-refractivity contribution in [3.05, 3.63) is 29.6 Å². The van der Waals surface area contributed by atoms with Crippen molar-refractivity contribution in [2.45, 2.75) is 6.92 Å². The maximum atomic E-state index is 11.8. The summed E-state index contributed by atoms with van der Waals surface area (Å²) in [6.07, 6.45) is 0. The van der Waals surface area contributed by atoms with Gasteiger partial charge in [-0.1, -0.05) is 0 Å². The number of hydrogen-bond acceptors (Lipinski definition) is 3. The summed E-state index contributed by atoms with van der Waals surface area (Å²) in [7, 11) is 1.60. The van der Waals surface area contributed by atoms with Crippen molar-refractivity contribution in [3.63, 3.8) is 0 Å². The standard InChI is InChI=1S/C12H15N3O2/c1-8-14-10-4-3-9(7-11(10)15-8)12(16)13-5-6-17-2/h3-4,7H,5-6H2,1-2H3,(H,13,16)(H,14,15). The number of imidazole rings is 1. The van der Waals surface area contributed by atoms with Gasteiger partial charge in [0.15, 0.2) is 0 Å². The fraction of sp³-hybridized carbons (Fsp3) is 0.333. The van der Waals surface area contributed by atoms with Gasteiger partial charge < -0.3 is 15.0 Å². The van der Waals surface area contributed by atoms with Gasteiger partial charge in [-0.15, -0.1) is 0 Å². The van der Waals surface area contributed by atoms with Crippen LogP contribution in [0.5, 0.6) is 0 Å². The second-order valence-corrected chi connectivity index (χ2v) is 3.80. The number of hydrogen-bond donors (Lipinski definition) is 2. The molecule has 0 aliphatic heterocycles. The highest BCUT2D eigenvalue weighted by Crippen LogP contribution is 2.13. The summed E-state index contributed by atoms with van der Waals surface area (Å²) in [5, 5.41) is 2.77. The number of aromatic amines is 1. The van der Waals surface area contributed by atoms with Crippen LogP contribution in [0.1, 0.15) is 16.2 Å². The van der Waals surface area contributed by atoms with Gasteiger partial charge in [-0.25, -0.2) is 4.98 Å². The van der Waals surface area contributed by atoms with Gasteiger partial charge in [0.25, 0.3) is 5.91 Å². The van der Waals surface area contributed by atoms with Gasteiger partial charge in [-0.05, 0) is 25.1 Å². The SMILES string of the molecule is COCCNC(=O)c1ccc2nc(C)[nH]c2c1. The van der Waals surface area contributed by atoms with Gasteiger partial charge in [0.1, 0.15) is 5.82 Å². The lowest BCUT2D eigenvalue weighted by Gasteiger charge is -2.04. The molecule has 2 rings (SSSR count). The number of rotatable bonds is 4. The Morgan fingerprint density at radius 3 is 3.12 bits per heavy atom. The van der Waals surface area contributed by atoms with E-state index >= 15 is 0 Å². The molecule has 1 aromatic carbocycles. The number of H-pyrrole nitrogens is 1. The lowest BCUT2D eigenvalue weighted by molar-refractivity contribution is 0.0937. The second-order valence-electron chi connectivity index (χ2n) is 3.80. The molecule has 5 heteroatoms. The summed E-state index contributed by atoms with van der Waals surface area (Å²) in [5.74, 6) is 0.744. The fourth-order valence-corrected chi connectivity index (χ4v) is 1.65. The van der Waals surface area contributed by atoms with Gasteiger partial charge in [0.2, 0.25) is 0 Å². The molecular formula is C12H15N3O2. The van der Waals surface area contributed by atoms with Crippen molar-refractivity contribution < 1.29 is 9.53 Å². The molecule has 0 atom stereocenters. The number of nitrogens with one attached hydrogen (secondary N) is 2. The van der Waals surface area contributed by atoms with E-state index in [0.717, 1.165) is 16.9 Å². The second kappa shape index (κ2) is 4.97. The minimum absolute atomic E-state index is 0.101. The minimum atomic E-state index is -0.101. The van der Waals surface area contributed by atoms with E-state index in [4.69, 9.17) is 4.74 Å². The number of fused-ring (bicyclic) bond motifs is 1. The first-order valence-corrected chi connectivity index (χ1v) is 5.44. The minimum Gasteiger partial charge on any atom is -0.383 e. The maximum absolute atomic E-state index is 11.8. The Bertz CT molecular complexity index is 534. The third-order valence-electron chi connectivity index (χ3n) is 2.45. The maximum Gasteiger partial charge on any atom is 0.251 e. The monoisotopic (exact) mass is 233 g/mol. The average molecular weight is 233 g/mol. The average Bonchev–Trinajstić information content (AvgIpc) is 2.68. The highest BCUT2D eigenvalue weighted by atomic mass is 16.5. The number of amides is 1. The summed E-state index contributed by atoms with van der Waals surface area (Å²) < 4.78 is 4.87.